The van der Waals surface area contributed by atoms with E-state index < -0.39 is 23.9 Å². The molecular formula is C19H17N3O6S. The smallest absolute Gasteiger partial charge is 0.348 e. The number of nitriles is 1. The normalized spacial score (nSPS) is 14.8. The molecule has 1 aromatic heterocycles. The summed E-state index contributed by atoms with van der Waals surface area (Å²) in [4.78, 5) is 36.6. The number of nitrogens with zero attached hydrogens (tertiary/aromatic N) is 1. The third-order valence-electron chi connectivity index (χ3n) is 4.04. The van der Waals surface area contributed by atoms with Crippen molar-refractivity contribution in [3.05, 3.63) is 40.3 Å². The number of fused-ring (bicyclic) bond motifs is 1. The minimum absolute atomic E-state index is 0.0615. The Morgan fingerprint density at radius 3 is 2.83 bits per heavy atom. The van der Waals surface area contributed by atoms with Crippen molar-refractivity contribution in [1.82, 2.24) is 0 Å². The molecule has 0 aliphatic carbocycles. The van der Waals surface area contributed by atoms with Crippen LogP contribution in [0.1, 0.15) is 34.1 Å². The van der Waals surface area contributed by atoms with Crippen molar-refractivity contribution >= 4 is 39.9 Å². The highest BCUT2D eigenvalue weighted by Gasteiger charge is 2.31. The number of benzene rings is 1. The molecule has 1 atom stereocenters. The van der Waals surface area contributed by atoms with Gasteiger partial charge in [0, 0.05) is 5.56 Å². The topological polar surface area (TPSA) is 141 Å². The lowest BCUT2D eigenvalue weighted by atomic mass is 10.1. The van der Waals surface area contributed by atoms with E-state index in [4.69, 9.17) is 19.9 Å². The molecule has 0 saturated heterocycles. The summed E-state index contributed by atoms with van der Waals surface area (Å²) in [6.07, 6.45) is -1.39. The quantitative estimate of drug-likeness (QED) is 0.684. The lowest BCUT2D eigenvalue weighted by Crippen LogP contribution is -2.38. The van der Waals surface area contributed by atoms with Gasteiger partial charge in [0.15, 0.2) is 6.10 Å². The van der Waals surface area contributed by atoms with E-state index in [1.54, 1.807) is 31.2 Å². The molecule has 3 rings (SSSR count). The third-order valence-corrected chi connectivity index (χ3v) is 5.08. The molecule has 0 fully saturated rings. The highest BCUT2D eigenvalue weighted by atomic mass is 32.1. The number of ether oxygens (including phenoxy) is 3. The van der Waals surface area contributed by atoms with Gasteiger partial charge in [-0.05, 0) is 19.1 Å². The highest BCUT2D eigenvalue weighted by Crippen LogP contribution is 2.32. The molecule has 0 spiro atoms. The number of hydrogen-bond donors (Lipinski definition) is 2. The van der Waals surface area contributed by atoms with Crippen molar-refractivity contribution in [2.45, 2.75) is 26.1 Å². The number of thiophene rings is 1. The maximum Gasteiger partial charge on any atom is 0.348 e. The Kier molecular flexibility index (Phi) is 5.99. The zero-order valence-corrected chi connectivity index (χ0v) is 16.2. The van der Waals surface area contributed by atoms with Gasteiger partial charge in [0.05, 0.1) is 24.3 Å². The SMILES string of the molecule is CCOC(=O)c1sc(N)c(C#N)c1COC(=O)C[C@@H]1Oc2ccccc2NC1=O. The fourth-order valence-electron chi connectivity index (χ4n) is 2.70. The Labute approximate surface area is 170 Å². The van der Waals surface area contributed by atoms with Gasteiger partial charge in [-0.25, -0.2) is 4.79 Å². The Hall–Kier alpha value is -3.58. The Balaban J connectivity index is 1.68. The maximum absolute atomic E-state index is 12.2. The summed E-state index contributed by atoms with van der Waals surface area (Å²) in [5, 5.41) is 12.1. The molecule has 0 unspecified atom stereocenters. The van der Waals surface area contributed by atoms with Gasteiger partial charge in [-0.3, -0.25) is 9.59 Å². The summed E-state index contributed by atoms with van der Waals surface area (Å²) in [6, 6.07) is 8.75. The number of nitrogens with two attached hydrogens (primary N) is 1. The number of anilines is 2. The number of nitrogens with one attached hydrogen (secondary N) is 1. The second kappa shape index (κ2) is 8.62. The average molecular weight is 415 g/mol. The van der Waals surface area contributed by atoms with Crippen LogP contribution in [0.5, 0.6) is 5.75 Å². The van der Waals surface area contributed by atoms with Crippen LogP contribution in [0.2, 0.25) is 0 Å². The summed E-state index contributed by atoms with van der Waals surface area (Å²) >= 11 is 0.894. The van der Waals surface area contributed by atoms with Gasteiger partial charge < -0.3 is 25.3 Å². The summed E-state index contributed by atoms with van der Waals surface area (Å²) in [5.74, 6) is -1.39. The zero-order chi connectivity index (χ0) is 21.0. The predicted molar refractivity (Wildman–Crippen MR) is 103 cm³/mol. The fourth-order valence-corrected chi connectivity index (χ4v) is 3.61. The van der Waals surface area contributed by atoms with Crippen LogP contribution in [-0.4, -0.2) is 30.6 Å². The van der Waals surface area contributed by atoms with Crippen molar-refractivity contribution < 1.29 is 28.6 Å². The van der Waals surface area contributed by atoms with Gasteiger partial charge in [-0.2, -0.15) is 5.26 Å². The van der Waals surface area contributed by atoms with Gasteiger partial charge >= 0.3 is 11.9 Å². The zero-order valence-electron chi connectivity index (χ0n) is 15.4. The lowest BCUT2D eigenvalue weighted by Gasteiger charge is -2.25. The number of esters is 2. The first-order valence-electron chi connectivity index (χ1n) is 8.65. The summed E-state index contributed by atoms with van der Waals surface area (Å²) in [7, 11) is 0. The van der Waals surface area contributed by atoms with Crippen LogP contribution in [-0.2, 0) is 25.7 Å². The van der Waals surface area contributed by atoms with E-state index in [2.05, 4.69) is 5.32 Å². The molecule has 10 heteroatoms. The van der Waals surface area contributed by atoms with E-state index >= 15 is 0 Å². The largest absolute Gasteiger partial charge is 0.478 e. The minimum Gasteiger partial charge on any atom is -0.478 e. The Morgan fingerprint density at radius 1 is 1.34 bits per heavy atom. The summed E-state index contributed by atoms with van der Waals surface area (Å²) < 4.78 is 15.7. The average Bonchev–Trinajstić information content (AvgIpc) is 3.02. The van der Waals surface area contributed by atoms with Crippen molar-refractivity contribution in [2.24, 2.45) is 0 Å². The van der Waals surface area contributed by atoms with Crippen LogP contribution in [0.3, 0.4) is 0 Å². The van der Waals surface area contributed by atoms with Crippen LogP contribution >= 0.6 is 11.3 Å². The van der Waals surface area contributed by atoms with Crippen LogP contribution in [0.25, 0.3) is 0 Å². The number of para-hydroxylation sites is 2. The van der Waals surface area contributed by atoms with Crippen molar-refractivity contribution in [3.63, 3.8) is 0 Å². The standard InChI is InChI=1S/C19H17N3O6S/c1-2-26-19(25)16-11(10(8-20)17(21)29-16)9-27-15(23)7-14-18(24)22-12-5-3-4-6-13(12)28-14/h3-6,14H,2,7,9,21H2,1H3,(H,22,24)/t14-/m0/s1. The van der Waals surface area contributed by atoms with E-state index in [1.165, 1.54) is 0 Å². The molecule has 29 heavy (non-hydrogen) atoms. The van der Waals surface area contributed by atoms with E-state index in [0.29, 0.717) is 11.4 Å². The van der Waals surface area contributed by atoms with Crippen LogP contribution in [0, 0.1) is 11.3 Å². The van der Waals surface area contributed by atoms with Crippen LogP contribution < -0.4 is 15.8 Å². The lowest BCUT2D eigenvalue weighted by molar-refractivity contribution is -0.149. The van der Waals surface area contributed by atoms with Crippen LogP contribution in [0.15, 0.2) is 24.3 Å². The minimum atomic E-state index is -1.05. The molecule has 2 aromatic rings. The van der Waals surface area contributed by atoms with Crippen molar-refractivity contribution in [3.8, 4) is 11.8 Å². The molecule has 150 valence electrons. The number of carbonyl (C=O) groups is 3. The van der Waals surface area contributed by atoms with Crippen molar-refractivity contribution in [1.29, 1.82) is 5.26 Å². The van der Waals surface area contributed by atoms with Gasteiger partial charge in [0.2, 0.25) is 0 Å². The molecule has 1 amide bonds. The Bertz CT molecular complexity index is 1010. The number of carbonyl (C=O) groups excluding carboxylic acids is 3. The van der Waals surface area contributed by atoms with Gasteiger partial charge in [-0.1, -0.05) is 12.1 Å². The number of amides is 1. The van der Waals surface area contributed by atoms with Gasteiger partial charge in [0.1, 0.15) is 28.3 Å². The second-order valence-electron chi connectivity index (χ2n) is 5.94. The first kappa shape index (κ1) is 20.2. The van der Waals surface area contributed by atoms with E-state index in [-0.39, 0.29) is 40.6 Å². The molecule has 9 nitrogen and oxygen atoms in total. The molecule has 0 radical (unpaired) electrons. The third kappa shape index (κ3) is 4.30. The number of rotatable bonds is 6. The predicted octanol–water partition coefficient (Wildman–Crippen LogP) is 2.21. The monoisotopic (exact) mass is 415 g/mol. The molecular weight excluding hydrogens is 398 g/mol. The van der Waals surface area contributed by atoms with E-state index in [1.807, 2.05) is 6.07 Å². The summed E-state index contributed by atoms with van der Waals surface area (Å²) in [6.45, 7) is 1.44. The molecule has 1 aromatic carbocycles. The molecule has 1 aliphatic rings. The fraction of sp³-hybridized carbons (Fsp3) is 0.263. The highest BCUT2D eigenvalue weighted by molar-refractivity contribution is 7.18. The summed E-state index contributed by atoms with van der Waals surface area (Å²) in [5.41, 5.74) is 6.55. The molecule has 0 bridgehead atoms. The number of nitrogen functional groups attached to an aromatic ring is 1. The molecule has 2 heterocycles. The first-order chi connectivity index (χ1) is 13.9. The number of hydrogen-bond acceptors (Lipinski definition) is 9. The molecule has 3 N–H and O–H groups in total. The Morgan fingerprint density at radius 2 is 2.10 bits per heavy atom. The maximum atomic E-state index is 12.2. The van der Waals surface area contributed by atoms with Gasteiger partial charge in [-0.15, -0.1) is 11.3 Å². The van der Waals surface area contributed by atoms with Gasteiger partial charge in [0.25, 0.3) is 5.91 Å². The second-order valence-corrected chi connectivity index (χ2v) is 6.99. The van der Waals surface area contributed by atoms with E-state index in [0.717, 1.165) is 11.3 Å². The first-order valence-corrected chi connectivity index (χ1v) is 9.46. The van der Waals surface area contributed by atoms with E-state index in [9.17, 15) is 19.6 Å². The van der Waals surface area contributed by atoms with Crippen LogP contribution in [0.4, 0.5) is 10.7 Å². The molecule has 0 saturated carbocycles. The molecule has 1 aliphatic heterocycles. The van der Waals surface area contributed by atoms with Crippen molar-refractivity contribution in [2.75, 3.05) is 17.7 Å².